The molecule has 4 aromatic rings. The molecule has 0 atom stereocenters. The third-order valence-electron chi connectivity index (χ3n) is 4.02. The summed E-state index contributed by atoms with van der Waals surface area (Å²) in [4.78, 5) is 15.6. The van der Waals surface area contributed by atoms with Crippen LogP contribution in [0.5, 0.6) is 0 Å². The highest BCUT2D eigenvalue weighted by molar-refractivity contribution is 7.22. The Balaban J connectivity index is 1.52. The Bertz CT molecular complexity index is 1130. The van der Waals surface area contributed by atoms with Gasteiger partial charge in [0.25, 0.3) is 0 Å². The number of thiazole rings is 1. The lowest BCUT2D eigenvalue weighted by Gasteiger charge is -2.04. The molecule has 2 heterocycles. The van der Waals surface area contributed by atoms with E-state index in [2.05, 4.69) is 15.5 Å². The molecule has 7 heteroatoms. The van der Waals surface area contributed by atoms with E-state index in [1.165, 1.54) is 11.3 Å². The molecule has 0 unspecified atom stereocenters. The van der Waals surface area contributed by atoms with Crippen molar-refractivity contribution in [3.8, 4) is 11.3 Å². The van der Waals surface area contributed by atoms with Crippen molar-refractivity contribution < 1.29 is 14.3 Å². The Morgan fingerprint density at radius 1 is 1.22 bits per heavy atom. The largest absolute Gasteiger partial charge is 0.478 e. The van der Waals surface area contributed by atoms with Crippen molar-refractivity contribution in [2.75, 3.05) is 5.43 Å². The second-order valence-electron chi connectivity index (χ2n) is 5.89. The van der Waals surface area contributed by atoms with Crippen LogP contribution in [0.25, 0.3) is 21.5 Å². The molecule has 0 radical (unpaired) electrons. The van der Waals surface area contributed by atoms with Crippen molar-refractivity contribution in [2.45, 2.75) is 6.92 Å². The standard InChI is InChI=1S/C20H15N3O3S/c1-12-6-7-13(19(24)25)10-15(12)17-9-8-14(26-17)11-21-23-20-22-16-4-2-3-5-18(16)27-20/h2-11H,1H3,(H,22,23)(H,24,25). The van der Waals surface area contributed by atoms with E-state index >= 15 is 0 Å². The zero-order valence-electron chi connectivity index (χ0n) is 14.3. The highest BCUT2D eigenvalue weighted by Gasteiger charge is 2.11. The minimum absolute atomic E-state index is 0.222. The predicted octanol–water partition coefficient (Wildman–Crippen LogP) is 5.01. The number of para-hydroxylation sites is 1. The monoisotopic (exact) mass is 377 g/mol. The zero-order valence-corrected chi connectivity index (χ0v) is 15.2. The molecule has 4 rings (SSSR count). The summed E-state index contributed by atoms with van der Waals surface area (Å²) < 4.78 is 6.87. The Labute approximate surface area is 158 Å². The first-order valence-electron chi connectivity index (χ1n) is 8.19. The van der Waals surface area contributed by atoms with Crippen molar-refractivity contribution in [1.82, 2.24) is 4.98 Å². The summed E-state index contributed by atoms with van der Waals surface area (Å²) in [6.45, 7) is 1.91. The number of hydrazone groups is 1. The van der Waals surface area contributed by atoms with E-state index in [9.17, 15) is 4.79 Å². The van der Waals surface area contributed by atoms with E-state index in [0.29, 0.717) is 16.7 Å². The summed E-state index contributed by atoms with van der Waals surface area (Å²) >= 11 is 1.52. The fourth-order valence-corrected chi connectivity index (χ4v) is 3.47. The summed E-state index contributed by atoms with van der Waals surface area (Å²) in [5.74, 6) is 0.181. The molecule has 2 aromatic heterocycles. The average molecular weight is 377 g/mol. The van der Waals surface area contributed by atoms with Gasteiger partial charge in [-0.25, -0.2) is 9.78 Å². The van der Waals surface area contributed by atoms with Crippen molar-refractivity contribution in [3.05, 3.63) is 71.5 Å². The smallest absolute Gasteiger partial charge is 0.335 e. The van der Waals surface area contributed by atoms with Gasteiger partial charge in [0, 0.05) is 5.56 Å². The van der Waals surface area contributed by atoms with Crippen LogP contribution in [0.3, 0.4) is 0 Å². The van der Waals surface area contributed by atoms with Gasteiger partial charge in [0.2, 0.25) is 5.13 Å². The molecule has 0 spiro atoms. The van der Waals surface area contributed by atoms with Gasteiger partial charge in [0.15, 0.2) is 0 Å². The van der Waals surface area contributed by atoms with E-state index in [0.717, 1.165) is 21.3 Å². The van der Waals surface area contributed by atoms with E-state index in [1.807, 2.05) is 31.2 Å². The van der Waals surface area contributed by atoms with Gasteiger partial charge in [-0.1, -0.05) is 29.5 Å². The number of aromatic carboxylic acids is 1. The maximum absolute atomic E-state index is 11.2. The van der Waals surface area contributed by atoms with E-state index in [4.69, 9.17) is 9.52 Å². The maximum atomic E-state index is 11.2. The molecular formula is C20H15N3O3S. The van der Waals surface area contributed by atoms with Gasteiger partial charge in [-0.2, -0.15) is 5.10 Å². The number of nitrogens with one attached hydrogen (secondary N) is 1. The van der Waals surface area contributed by atoms with Crippen LogP contribution in [0, 0.1) is 6.92 Å². The second-order valence-corrected chi connectivity index (χ2v) is 6.92. The van der Waals surface area contributed by atoms with Gasteiger partial charge >= 0.3 is 5.97 Å². The number of aromatic nitrogens is 1. The first-order valence-corrected chi connectivity index (χ1v) is 9.00. The van der Waals surface area contributed by atoms with Crippen LogP contribution in [0.2, 0.25) is 0 Å². The number of carbonyl (C=O) groups is 1. The normalized spacial score (nSPS) is 11.3. The van der Waals surface area contributed by atoms with Crippen LogP contribution in [0.15, 0.2) is 64.1 Å². The zero-order chi connectivity index (χ0) is 18.8. The third kappa shape index (κ3) is 3.58. The van der Waals surface area contributed by atoms with Crippen molar-refractivity contribution in [3.63, 3.8) is 0 Å². The molecule has 0 saturated carbocycles. The molecule has 0 saturated heterocycles. The quantitative estimate of drug-likeness (QED) is 0.377. The Kier molecular flexibility index (Phi) is 4.43. The molecule has 27 heavy (non-hydrogen) atoms. The van der Waals surface area contributed by atoms with Gasteiger partial charge < -0.3 is 9.52 Å². The van der Waals surface area contributed by atoms with Crippen LogP contribution < -0.4 is 5.43 Å². The van der Waals surface area contributed by atoms with Crippen molar-refractivity contribution in [2.24, 2.45) is 5.10 Å². The molecular weight excluding hydrogens is 362 g/mol. The second kappa shape index (κ2) is 7.05. The number of furan rings is 1. The Hall–Kier alpha value is -3.45. The van der Waals surface area contributed by atoms with E-state index in [-0.39, 0.29) is 5.56 Å². The molecule has 0 aliphatic rings. The number of hydrogen-bond acceptors (Lipinski definition) is 6. The first kappa shape index (κ1) is 17.0. The summed E-state index contributed by atoms with van der Waals surface area (Å²) in [5.41, 5.74) is 5.73. The van der Waals surface area contributed by atoms with Crippen molar-refractivity contribution in [1.29, 1.82) is 0 Å². The first-order chi connectivity index (χ1) is 13.1. The molecule has 2 N–H and O–H groups in total. The molecule has 134 valence electrons. The number of hydrogen-bond donors (Lipinski definition) is 2. The molecule has 2 aromatic carbocycles. The number of nitrogens with zero attached hydrogens (tertiary/aromatic N) is 2. The maximum Gasteiger partial charge on any atom is 0.335 e. The SMILES string of the molecule is Cc1ccc(C(=O)O)cc1-c1ccc(C=NNc2nc3ccccc3s2)o1. The summed E-state index contributed by atoms with van der Waals surface area (Å²) in [5, 5.41) is 14.0. The highest BCUT2D eigenvalue weighted by Crippen LogP contribution is 2.27. The number of rotatable bonds is 5. The van der Waals surface area contributed by atoms with Crippen LogP contribution in [-0.4, -0.2) is 22.3 Å². The number of carboxylic acids is 1. The van der Waals surface area contributed by atoms with Crippen molar-refractivity contribution >= 4 is 38.9 Å². The van der Waals surface area contributed by atoms with Gasteiger partial charge in [-0.15, -0.1) is 0 Å². The number of aryl methyl sites for hydroxylation is 1. The lowest BCUT2D eigenvalue weighted by molar-refractivity contribution is 0.0697. The molecule has 6 nitrogen and oxygen atoms in total. The lowest BCUT2D eigenvalue weighted by atomic mass is 10.0. The number of anilines is 1. The van der Waals surface area contributed by atoms with Gasteiger partial charge in [-0.05, 0) is 48.9 Å². The Morgan fingerprint density at radius 2 is 2.07 bits per heavy atom. The van der Waals surface area contributed by atoms with Gasteiger partial charge in [0.1, 0.15) is 11.5 Å². The number of carboxylic acid groups (broad SMARTS) is 1. The minimum Gasteiger partial charge on any atom is -0.478 e. The third-order valence-corrected chi connectivity index (χ3v) is 4.96. The molecule has 0 aliphatic heterocycles. The average Bonchev–Trinajstić information content (AvgIpc) is 3.28. The number of fused-ring (bicyclic) bond motifs is 1. The van der Waals surface area contributed by atoms with Crippen LogP contribution >= 0.6 is 11.3 Å². The van der Waals surface area contributed by atoms with Crippen LogP contribution in [0.1, 0.15) is 21.7 Å². The van der Waals surface area contributed by atoms with E-state index < -0.39 is 5.97 Å². The molecule has 0 amide bonds. The summed E-state index contributed by atoms with van der Waals surface area (Å²) in [6, 6.07) is 16.4. The van der Waals surface area contributed by atoms with Crippen LogP contribution in [0.4, 0.5) is 5.13 Å². The van der Waals surface area contributed by atoms with Gasteiger partial charge in [-0.3, -0.25) is 5.43 Å². The molecule has 0 bridgehead atoms. The van der Waals surface area contributed by atoms with Gasteiger partial charge in [0.05, 0.1) is 22.0 Å². The summed E-state index contributed by atoms with van der Waals surface area (Å²) in [7, 11) is 0. The minimum atomic E-state index is -0.968. The molecule has 0 aliphatic carbocycles. The summed E-state index contributed by atoms with van der Waals surface area (Å²) in [6.07, 6.45) is 1.56. The Morgan fingerprint density at radius 3 is 2.89 bits per heavy atom. The fourth-order valence-electron chi connectivity index (χ4n) is 2.66. The fraction of sp³-hybridized carbons (Fsp3) is 0.0500. The highest BCUT2D eigenvalue weighted by atomic mass is 32.1. The number of benzene rings is 2. The molecule has 0 fully saturated rings. The lowest BCUT2D eigenvalue weighted by Crippen LogP contribution is -1.96. The van der Waals surface area contributed by atoms with E-state index in [1.54, 1.807) is 36.5 Å². The predicted molar refractivity (Wildman–Crippen MR) is 107 cm³/mol. The van der Waals surface area contributed by atoms with Crippen LogP contribution in [-0.2, 0) is 0 Å². The topological polar surface area (TPSA) is 87.7 Å².